The Balaban J connectivity index is 2.24. The third-order valence-electron chi connectivity index (χ3n) is 2.64. The lowest BCUT2D eigenvalue weighted by atomic mass is 10.3. The van der Waals surface area contributed by atoms with Crippen molar-refractivity contribution in [1.82, 2.24) is 20.4 Å². The van der Waals surface area contributed by atoms with E-state index >= 15 is 0 Å². The molecule has 0 aliphatic heterocycles. The Hall–Kier alpha value is -1.89. The van der Waals surface area contributed by atoms with Gasteiger partial charge in [-0.25, -0.2) is 0 Å². The minimum atomic E-state index is -0.308. The molecule has 0 aliphatic rings. The number of ether oxygens (including phenoxy) is 1. The van der Waals surface area contributed by atoms with Gasteiger partial charge >= 0.3 is 0 Å². The molecule has 0 radical (unpaired) electrons. The second kappa shape index (κ2) is 8.31. The molecular formula is C13H22N4O3. The van der Waals surface area contributed by atoms with E-state index in [4.69, 9.17) is 4.74 Å². The molecule has 0 atom stereocenters. The van der Waals surface area contributed by atoms with Crippen LogP contribution in [0.5, 0.6) is 0 Å². The average Bonchev–Trinajstić information content (AvgIpc) is 2.75. The van der Waals surface area contributed by atoms with Crippen LogP contribution in [0.3, 0.4) is 0 Å². The zero-order valence-corrected chi connectivity index (χ0v) is 12.2. The van der Waals surface area contributed by atoms with E-state index in [1.165, 1.54) is 4.68 Å². The van der Waals surface area contributed by atoms with Gasteiger partial charge in [0.15, 0.2) is 0 Å². The molecule has 0 saturated heterocycles. The number of rotatable bonds is 8. The summed E-state index contributed by atoms with van der Waals surface area (Å²) in [6, 6.07) is 1.68. The third kappa shape index (κ3) is 5.40. The molecular weight excluding hydrogens is 260 g/mol. The fraction of sp³-hybridized carbons (Fsp3) is 0.615. The topological polar surface area (TPSA) is 85.2 Å². The molecule has 1 heterocycles. The smallest absolute Gasteiger partial charge is 0.269 e. The summed E-state index contributed by atoms with van der Waals surface area (Å²) in [5.41, 5.74) is 1.20. The first kappa shape index (κ1) is 16.2. The average molecular weight is 282 g/mol. The minimum absolute atomic E-state index is 0.0440. The molecule has 1 aromatic heterocycles. The molecule has 0 unspecified atom stereocenters. The number of nitrogens with one attached hydrogen (secondary N) is 2. The van der Waals surface area contributed by atoms with Gasteiger partial charge in [0.05, 0.1) is 12.2 Å². The Kier molecular flexibility index (Phi) is 6.72. The van der Waals surface area contributed by atoms with Gasteiger partial charge in [0.1, 0.15) is 5.69 Å². The maximum absolute atomic E-state index is 11.8. The summed E-state index contributed by atoms with van der Waals surface area (Å²) in [5.74, 6) is -0.522. The Morgan fingerprint density at radius 3 is 2.75 bits per heavy atom. The summed E-state index contributed by atoms with van der Waals surface area (Å²) in [4.78, 5) is 23.3. The molecule has 2 N–H and O–H groups in total. The maximum Gasteiger partial charge on any atom is 0.269 e. The normalized spacial score (nSPS) is 10.3. The molecule has 0 saturated carbocycles. The SMILES string of the molecule is CCOCCCNC(=O)CNC(=O)c1cc(C)nn1C. The monoisotopic (exact) mass is 282 g/mol. The van der Waals surface area contributed by atoms with E-state index in [0.717, 1.165) is 12.1 Å². The Morgan fingerprint density at radius 2 is 2.15 bits per heavy atom. The summed E-state index contributed by atoms with van der Waals surface area (Å²) in [6.45, 7) is 5.53. The van der Waals surface area contributed by atoms with Gasteiger partial charge < -0.3 is 15.4 Å². The number of carbonyl (C=O) groups excluding carboxylic acids is 2. The van der Waals surface area contributed by atoms with Crippen molar-refractivity contribution in [2.45, 2.75) is 20.3 Å². The Bertz CT molecular complexity index is 456. The zero-order chi connectivity index (χ0) is 15.0. The summed E-state index contributed by atoms with van der Waals surface area (Å²) in [6.07, 6.45) is 0.758. The second-order valence-corrected chi connectivity index (χ2v) is 4.38. The standard InChI is InChI=1S/C13H22N4O3/c1-4-20-7-5-6-14-12(18)9-15-13(19)11-8-10(2)16-17(11)3/h8H,4-7,9H2,1-3H3,(H,14,18)(H,15,19). The molecule has 0 spiro atoms. The number of hydrogen-bond acceptors (Lipinski definition) is 4. The van der Waals surface area contributed by atoms with Gasteiger partial charge in [0.2, 0.25) is 5.91 Å². The van der Waals surface area contributed by atoms with Gasteiger partial charge in [-0.15, -0.1) is 0 Å². The lowest BCUT2D eigenvalue weighted by Gasteiger charge is -2.07. The molecule has 112 valence electrons. The first-order valence-corrected chi connectivity index (χ1v) is 6.68. The molecule has 2 amide bonds. The minimum Gasteiger partial charge on any atom is -0.382 e. The number of carbonyl (C=O) groups is 2. The fourth-order valence-electron chi connectivity index (χ4n) is 1.68. The summed E-state index contributed by atoms with van der Waals surface area (Å²) < 4.78 is 6.65. The lowest BCUT2D eigenvalue weighted by molar-refractivity contribution is -0.120. The highest BCUT2D eigenvalue weighted by molar-refractivity contribution is 5.95. The van der Waals surface area contributed by atoms with Crippen molar-refractivity contribution in [1.29, 1.82) is 0 Å². The van der Waals surface area contributed by atoms with Crippen LogP contribution in [0.25, 0.3) is 0 Å². The molecule has 0 fully saturated rings. The number of aromatic nitrogens is 2. The van der Waals surface area contributed by atoms with Gasteiger partial charge in [-0.3, -0.25) is 14.3 Å². The van der Waals surface area contributed by atoms with Gasteiger partial charge in [-0.05, 0) is 26.3 Å². The molecule has 20 heavy (non-hydrogen) atoms. The number of aryl methyl sites for hydroxylation is 2. The van der Waals surface area contributed by atoms with Crippen LogP contribution in [0.2, 0.25) is 0 Å². The van der Waals surface area contributed by atoms with E-state index in [1.807, 2.05) is 13.8 Å². The quantitative estimate of drug-likeness (QED) is 0.657. The highest BCUT2D eigenvalue weighted by atomic mass is 16.5. The second-order valence-electron chi connectivity index (χ2n) is 4.38. The van der Waals surface area contributed by atoms with Gasteiger partial charge in [0.25, 0.3) is 5.91 Å². The van der Waals surface area contributed by atoms with E-state index in [1.54, 1.807) is 13.1 Å². The van der Waals surface area contributed by atoms with Crippen molar-refractivity contribution in [3.8, 4) is 0 Å². The molecule has 0 aromatic carbocycles. The van der Waals surface area contributed by atoms with Crippen LogP contribution in [-0.2, 0) is 16.6 Å². The molecule has 1 aromatic rings. The van der Waals surface area contributed by atoms with Crippen LogP contribution in [-0.4, -0.2) is 47.9 Å². The van der Waals surface area contributed by atoms with Crippen molar-refractivity contribution in [2.24, 2.45) is 7.05 Å². The number of hydrogen-bond donors (Lipinski definition) is 2. The number of amides is 2. The molecule has 7 nitrogen and oxygen atoms in total. The van der Waals surface area contributed by atoms with Crippen LogP contribution < -0.4 is 10.6 Å². The van der Waals surface area contributed by atoms with E-state index in [0.29, 0.717) is 25.5 Å². The first-order chi connectivity index (χ1) is 9.54. The van der Waals surface area contributed by atoms with Crippen LogP contribution >= 0.6 is 0 Å². The molecule has 7 heteroatoms. The number of nitrogens with zero attached hydrogens (tertiary/aromatic N) is 2. The van der Waals surface area contributed by atoms with Crippen LogP contribution in [0.4, 0.5) is 0 Å². The highest BCUT2D eigenvalue weighted by Crippen LogP contribution is 2.00. The maximum atomic E-state index is 11.8. The first-order valence-electron chi connectivity index (χ1n) is 6.68. The van der Waals surface area contributed by atoms with Crippen molar-refractivity contribution in [2.75, 3.05) is 26.3 Å². The van der Waals surface area contributed by atoms with Crippen molar-refractivity contribution in [3.05, 3.63) is 17.5 Å². The Morgan fingerprint density at radius 1 is 1.40 bits per heavy atom. The molecule has 0 aliphatic carbocycles. The molecule has 1 rings (SSSR count). The van der Waals surface area contributed by atoms with Crippen LogP contribution in [0, 0.1) is 6.92 Å². The van der Waals surface area contributed by atoms with E-state index < -0.39 is 0 Å². The largest absolute Gasteiger partial charge is 0.382 e. The van der Waals surface area contributed by atoms with E-state index in [9.17, 15) is 9.59 Å². The van der Waals surface area contributed by atoms with Crippen molar-refractivity contribution in [3.63, 3.8) is 0 Å². The summed E-state index contributed by atoms with van der Waals surface area (Å²) in [5, 5.41) is 9.35. The van der Waals surface area contributed by atoms with Crippen LogP contribution in [0.1, 0.15) is 29.5 Å². The summed E-state index contributed by atoms with van der Waals surface area (Å²) in [7, 11) is 1.69. The summed E-state index contributed by atoms with van der Waals surface area (Å²) >= 11 is 0. The third-order valence-corrected chi connectivity index (χ3v) is 2.64. The van der Waals surface area contributed by atoms with Crippen molar-refractivity contribution >= 4 is 11.8 Å². The van der Waals surface area contributed by atoms with Crippen molar-refractivity contribution < 1.29 is 14.3 Å². The highest BCUT2D eigenvalue weighted by Gasteiger charge is 2.12. The fourth-order valence-corrected chi connectivity index (χ4v) is 1.68. The van der Waals surface area contributed by atoms with E-state index in [2.05, 4.69) is 15.7 Å². The predicted molar refractivity (Wildman–Crippen MR) is 74.4 cm³/mol. The van der Waals surface area contributed by atoms with Gasteiger partial charge in [0, 0.05) is 26.8 Å². The predicted octanol–water partition coefficient (Wildman–Crippen LogP) is 0.00112. The van der Waals surface area contributed by atoms with Gasteiger partial charge in [-0.1, -0.05) is 0 Å². The van der Waals surface area contributed by atoms with E-state index in [-0.39, 0.29) is 18.4 Å². The van der Waals surface area contributed by atoms with Crippen LogP contribution in [0.15, 0.2) is 6.07 Å². The molecule has 0 bridgehead atoms. The van der Waals surface area contributed by atoms with Gasteiger partial charge in [-0.2, -0.15) is 5.10 Å². The Labute approximate surface area is 118 Å². The zero-order valence-electron chi connectivity index (χ0n) is 12.2. The lowest BCUT2D eigenvalue weighted by Crippen LogP contribution is -2.38.